The van der Waals surface area contributed by atoms with Crippen molar-refractivity contribution in [2.24, 2.45) is 11.8 Å². The number of carbonyl (C=O) groups excluding carboxylic acids is 2. The van der Waals surface area contributed by atoms with Gasteiger partial charge >= 0.3 is 0 Å². The van der Waals surface area contributed by atoms with Crippen molar-refractivity contribution in [3.05, 3.63) is 90.3 Å². The van der Waals surface area contributed by atoms with Gasteiger partial charge in [-0.25, -0.2) is 4.39 Å². The molecule has 3 aliphatic heterocycles. The third kappa shape index (κ3) is 4.34. The number of benzene rings is 3. The molecule has 10 heteroatoms. The van der Waals surface area contributed by atoms with E-state index in [1.54, 1.807) is 26.8 Å². The van der Waals surface area contributed by atoms with E-state index < -0.39 is 29.2 Å². The lowest BCUT2D eigenvalue weighted by molar-refractivity contribution is -0.146. The average Bonchev–Trinajstić information content (AvgIpc) is 3.72. The summed E-state index contributed by atoms with van der Waals surface area (Å²) >= 11 is 0. The van der Waals surface area contributed by atoms with Crippen LogP contribution in [-0.2, 0) is 28.1 Å². The van der Waals surface area contributed by atoms with E-state index in [1.165, 1.54) is 13.8 Å². The molecule has 0 aliphatic carbocycles. The fourth-order valence-corrected chi connectivity index (χ4v) is 7.86. The first-order valence-electron chi connectivity index (χ1n) is 15.4. The van der Waals surface area contributed by atoms with Crippen LogP contribution in [0, 0.1) is 11.8 Å². The van der Waals surface area contributed by atoms with Gasteiger partial charge in [-0.1, -0.05) is 42.5 Å². The van der Waals surface area contributed by atoms with Crippen LogP contribution in [0.1, 0.15) is 48.8 Å². The molecule has 3 aliphatic rings. The molecule has 4 heterocycles. The Morgan fingerprint density at radius 3 is 2.64 bits per heavy atom. The predicted octanol–water partition coefficient (Wildman–Crippen LogP) is 5.48. The van der Waals surface area contributed by atoms with Crippen LogP contribution in [0.2, 0.25) is 0 Å². The Bertz CT molecular complexity index is 1840. The summed E-state index contributed by atoms with van der Waals surface area (Å²) in [6, 6.07) is 17.1. The summed E-state index contributed by atoms with van der Waals surface area (Å²) in [7, 11) is 0. The van der Waals surface area contributed by atoms with Gasteiger partial charge in [0, 0.05) is 60.8 Å². The molecule has 0 saturated carbocycles. The van der Waals surface area contributed by atoms with E-state index in [0.29, 0.717) is 47.6 Å². The van der Waals surface area contributed by atoms with E-state index in [4.69, 9.17) is 4.74 Å². The highest BCUT2D eigenvalue weighted by atomic mass is 19.1. The lowest BCUT2D eigenvalue weighted by atomic mass is 9.71. The summed E-state index contributed by atoms with van der Waals surface area (Å²) in [6.45, 7) is 9.47. The van der Waals surface area contributed by atoms with Crippen LogP contribution in [0.3, 0.4) is 0 Å². The number of hydrogen-bond donors (Lipinski definition) is 1. The number of amides is 2. The molecule has 4 atom stereocenters. The van der Waals surface area contributed by atoms with E-state index >= 15 is 4.39 Å². The van der Waals surface area contributed by atoms with Crippen LogP contribution in [0.4, 0.5) is 21.5 Å². The number of aliphatic hydroxyl groups is 1. The van der Waals surface area contributed by atoms with E-state index in [9.17, 15) is 14.7 Å². The van der Waals surface area contributed by atoms with Gasteiger partial charge in [0.25, 0.3) is 11.8 Å². The topological polar surface area (TPSA) is 101 Å². The van der Waals surface area contributed by atoms with Crippen LogP contribution in [0.5, 0.6) is 0 Å². The Morgan fingerprint density at radius 2 is 1.91 bits per heavy atom. The van der Waals surface area contributed by atoms with Crippen molar-refractivity contribution in [3.63, 3.8) is 0 Å². The molecule has 1 N–H and O–H groups in total. The van der Waals surface area contributed by atoms with E-state index in [0.717, 1.165) is 16.5 Å². The number of fused-ring (bicyclic) bond motifs is 2. The van der Waals surface area contributed by atoms with Crippen LogP contribution >= 0.6 is 0 Å². The standard InChI is InChI=1S/C35H36FN5O4/c1-5-16-40-27-13-12-24(41-28-11-7-9-22-8-6-10-25(30(22)28)32(41)43)19-26(27)35(33(40)44)21(2)31(34(3,4)36)29(45-35)14-17-39-20-23(15-18-42)37-38-39/h5-13,19-21,29,31,42H,1,14-18H2,2-4H3/t21-,29+,31-,35+/m0/s1. The number of nitrogens with zero attached hydrogens (tertiary/aromatic N) is 5. The Balaban J connectivity index is 1.31. The summed E-state index contributed by atoms with van der Waals surface area (Å²) < 4.78 is 24.6. The molecule has 2 amide bonds. The van der Waals surface area contributed by atoms with Gasteiger partial charge < -0.3 is 14.7 Å². The number of halogens is 1. The smallest absolute Gasteiger partial charge is 0.264 e. The normalized spacial score (nSPS) is 24.0. The quantitative estimate of drug-likeness (QED) is 0.253. The molecule has 3 aromatic carbocycles. The average molecular weight is 610 g/mol. The zero-order chi connectivity index (χ0) is 31.7. The predicted molar refractivity (Wildman–Crippen MR) is 169 cm³/mol. The fourth-order valence-electron chi connectivity index (χ4n) is 7.86. The Kier molecular flexibility index (Phi) is 6.90. The third-order valence-electron chi connectivity index (χ3n) is 9.67. The molecule has 1 fully saturated rings. The zero-order valence-electron chi connectivity index (χ0n) is 25.6. The number of aromatic nitrogens is 3. The van der Waals surface area contributed by atoms with Gasteiger partial charge in [-0.15, -0.1) is 11.7 Å². The number of anilines is 3. The molecule has 9 nitrogen and oxygen atoms in total. The number of alkyl halides is 1. The summed E-state index contributed by atoms with van der Waals surface area (Å²) in [4.78, 5) is 31.6. The Hall–Kier alpha value is -4.41. The van der Waals surface area contributed by atoms with Crippen molar-refractivity contribution in [1.82, 2.24) is 15.0 Å². The maximum absolute atomic E-state index is 16.1. The second-order valence-electron chi connectivity index (χ2n) is 12.7. The van der Waals surface area contributed by atoms with Crippen LogP contribution < -0.4 is 9.80 Å². The molecular weight excluding hydrogens is 573 g/mol. The maximum Gasteiger partial charge on any atom is 0.264 e. The molecule has 1 saturated heterocycles. The Labute approximate surface area is 260 Å². The number of rotatable bonds is 9. The first-order chi connectivity index (χ1) is 21.6. The molecular formula is C35H36FN5O4. The van der Waals surface area contributed by atoms with Gasteiger partial charge in [0.05, 0.1) is 28.7 Å². The lowest BCUT2D eigenvalue weighted by Gasteiger charge is -2.32. The number of ether oxygens (including phenoxy) is 1. The molecule has 7 rings (SSSR count). The SMILES string of the molecule is C=CCN1C(=O)[C@]2(O[C@H](CCn3cc(CCO)nn3)[C@@H](C(C)(C)F)[C@@H]2C)c2cc(N3C(=O)c4cccc5cccc3c45)ccc21. The maximum atomic E-state index is 16.1. The molecule has 1 spiro atoms. The minimum absolute atomic E-state index is 0.0302. The molecule has 45 heavy (non-hydrogen) atoms. The Morgan fingerprint density at radius 1 is 1.13 bits per heavy atom. The molecule has 232 valence electrons. The minimum atomic E-state index is -1.66. The van der Waals surface area contributed by atoms with Crippen LogP contribution in [0.15, 0.2) is 73.4 Å². The summed E-state index contributed by atoms with van der Waals surface area (Å²) in [6.07, 6.45) is 3.61. The number of aliphatic hydroxyl groups excluding tert-OH is 1. The minimum Gasteiger partial charge on any atom is -0.396 e. The largest absolute Gasteiger partial charge is 0.396 e. The first kappa shape index (κ1) is 29.3. The van der Waals surface area contributed by atoms with Crippen molar-refractivity contribution in [1.29, 1.82) is 0 Å². The summed E-state index contributed by atoms with van der Waals surface area (Å²) in [5.74, 6) is -1.55. The van der Waals surface area contributed by atoms with Crippen molar-refractivity contribution in [2.45, 2.75) is 57.5 Å². The van der Waals surface area contributed by atoms with Gasteiger partial charge in [0.1, 0.15) is 5.67 Å². The van der Waals surface area contributed by atoms with Gasteiger partial charge in [-0.3, -0.25) is 19.2 Å². The molecule has 4 aromatic rings. The second-order valence-corrected chi connectivity index (χ2v) is 12.7. The summed E-state index contributed by atoms with van der Waals surface area (Å²) in [5.41, 5.74) is 0.857. The van der Waals surface area contributed by atoms with Gasteiger partial charge in [-0.05, 0) is 56.0 Å². The number of carbonyl (C=O) groups is 2. The van der Waals surface area contributed by atoms with E-state index in [1.807, 2.05) is 61.5 Å². The van der Waals surface area contributed by atoms with E-state index in [2.05, 4.69) is 16.9 Å². The van der Waals surface area contributed by atoms with Crippen molar-refractivity contribution >= 4 is 39.6 Å². The zero-order valence-corrected chi connectivity index (χ0v) is 25.6. The fraction of sp³-hybridized carbons (Fsp3) is 0.371. The lowest BCUT2D eigenvalue weighted by Crippen LogP contribution is -2.45. The number of hydrogen-bond acceptors (Lipinski definition) is 6. The van der Waals surface area contributed by atoms with Gasteiger partial charge in [-0.2, -0.15) is 0 Å². The summed E-state index contributed by atoms with van der Waals surface area (Å²) in [5, 5.41) is 19.4. The molecule has 0 bridgehead atoms. The molecule has 1 aromatic heterocycles. The highest BCUT2D eigenvalue weighted by molar-refractivity contribution is 6.28. The highest BCUT2D eigenvalue weighted by Gasteiger charge is 2.66. The van der Waals surface area contributed by atoms with Crippen molar-refractivity contribution in [2.75, 3.05) is 23.0 Å². The number of aryl methyl sites for hydroxylation is 1. The second kappa shape index (κ2) is 10.6. The van der Waals surface area contributed by atoms with Crippen LogP contribution in [0.25, 0.3) is 10.8 Å². The van der Waals surface area contributed by atoms with Gasteiger partial charge in [0.15, 0.2) is 5.60 Å². The monoisotopic (exact) mass is 609 g/mol. The third-order valence-corrected chi connectivity index (χ3v) is 9.67. The highest BCUT2D eigenvalue weighted by Crippen LogP contribution is 2.59. The molecule has 0 radical (unpaired) electrons. The van der Waals surface area contributed by atoms with Crippen LogP contribution in [-0.4, -0.2) is 56.8 Å². The van der Waals surface area contributed by atoms with Gasteiger partial charge in [0.2, 0.25) is 0 Å². The first-order valence-corrected chi connectivity index (χ1v) is 15.4. The van der Waals surface area contributed by atoms with Crippen molar-refractivity contribution < 1.29 is 23.8 Å². The molecule has 0 unspecified atom stereocenters. The van der Waals surface area contributed by atoms with Crippen molar-refractivity contribution in [3.8, 4) is 0 Å². The van der Waals surface area contributed by atoms with E-state index in [-0.39, 0.29) is 25.0 Å².